The summed E-state index contributed by atoms with van der Waals surface area (Å²) in [6.45, 7) is 0.131. The van der Waals surface area contributed by atoms with Gasteiger partial charge in [-0.1, -0.05) is 30.3 Å². The Kier molecular flexibility index (Phi) is 4.74. The fraction of sp³-hybridized carbons (Fsp3) is 0.125. The Labute approximate surface area is 117 Å². The van der Waals surface area contributed by atoms with Crippen molar-refractivity contribution in [3.63, 3.8) is 0 Å². The highest BCUT2D eigenvalue weighted by atomic mass is 16.5. The van der Waals surface area contributed by atoms with E-state index in [1.807, 2.05) is 48.5 Å². The molecule has 0 amide bonds. The van der Waals surface area contributed by atoms with Gasteiger partial charge in [-0.25, -0.2) is 0 Å². The van der Waals surface area contributed by atoms with Crippen LogP contribution < -0.4 is 4.74 Å². The summed E-state index contributed by atoms with van der Waals surface area (Å²) in [5, 5.41) is 8.37. The lowest BCUT2D eigenvalue weighted by atomic mass is 10.2. The molecule has 100 valence electrons. The normalized spacial score (nSPS) is 9.55. The van der Waals surface area contributed by atoms with Crippen LogP contribution >= 0.6 is 0 Å². The van der Waals surface area contributed by atoms with Crippen LogP contribution in [0.5, 0.6) is 11.5 Å². The number of hydrogen-bond donors (Lipinski definition) is 0. The Bertz CT molecular complexity index is 617. The number of nitrogens with zero attached hydrogens (tertiary/aromatic N) is 1. The van der Waals surface area contributed by atoms with Crippen LogP contribution in [0.15, 0.2) is 54.6 Å². The second-order valence-corrected chi connectivity index (χ2v) is 4.06. The average Bonchev–Trinajstić information content (AvgIpc) is 2.47. The van der Waals surface area contributed by atoms with Gasteiger partial charge in [-0.3, -0.25) is 4.79 Å². The fourth-order valence-corrected chi connectivity index (χ4v) is 1.60. The molecule has 0 aromatic heterocycles. The molecule has 0 saturated carbocycles. The number of carbonyl (C=O) groups excluding carboxylic acids is 1. The summed E-state index contributed by atoms with van der Waals surface area (Å²) in [6.07, 6.45) is -0.236. The first-order chi connectivity index (χ1) is 9.78. The number of hydrogen-bond acceptors (Lipinski definition) is 4. The van der Waals surface area contributed by atoms with Crippen molar-refractivity contribution in [3.05, 3.63) is 60.2 Å². The third-order valence-electron chi connectivity index (χ3n) is 2.50. The highest BCUT2D eigenvalue weighted by molar-refractivity contribution is 5.71. The Balaban J connectivity index is 1.98. The van der Waals surface area contributed by atoms with E-state index in [9.17, 15) is 4.79 Å². The molecule has 4 heteroatoms. The number of benzene rings is 2. The smallest absolute Gasteiger partial charge is 0.320 e. The van der Waals surface area contributed by atoms with Gasteiger partial charge in [-0.15, -0.1) is 0 Å². The van der Waals surface area contributed by atoms with Crippen LogP contribution in [-0.4, -0.2) is 5.97 Å². The summed E-state index contributed by atoms with van der Waals surface area (Å²) >= 11 is 0. The highest BCUT2D eigenvalue weighted by Crippen LogP contribution is 2.22. The molecule has 2 rings (SSSR count). The molecule has 0 fully saturated rings. The predicted molar refractivity (Wildman–Crippen MR) is 73.0 cm³/mol. The zero-order chi connectivity index (χ0) is 14.2. The maximum atomic E-state index is 11.1. The number of ether oxygens (including phenoxy) is 2. The van der Waals surface area contributed by atoms with Crippen molar-refractivity contribution in [2.45, 2.75) is 13.0 Å². The molecular weight excluding hydrogens is 254 g/mol. The fourth-order valence-electron chi connectivity index (χ4n) is 1.60. The zero-order valence-corrected chi connectivity index (χ0v) is 10.8. The van der Waals surface area contributed by atoms with Crippen molar-refractivity contribution in [2.75, 3.05) is 0 Å². The number of rotatable bonds is 5. The first-order valence-corrected chi connectivity index (χ1v) is 6.12. The molecule has 0 aliphatic heterocycles. The summed E-state index contributed by atoms with van der Waals surface area (Å²) in [7, 11) is 0. The summed E-state index contributed by atoms with van der Waals surface area (Å²) in [4.78, 5) is 11.1. The minimum atomic E-state index is -0.526. The van der Waals surface area contributed by atoms with E-state index in [2.05, 4.69) is 0 Å². The van der Waals surface area contributed by atoms with E-state index < -0.39 is 5.97 Å². The molecule has 0 spiro atoms. The Hall–Kier alpha value is -2.80. The molecule has 0 atom stereocenters. The van der Waals surface area contributed by atoms with Crippen LogP contribution in [0.3, 0.4) is 0 Å². The lowest BCUT2D eigenvalue weighted by Gasteiger charge is -2.08. The monoisotopic (exact) mass is 267 g/mol. The number of esters is 1. The second kappa shape index (κ2) is 6.95. The first kappa shape index (κ1) is 13.6. The van der Waals surface area contributed by atoms with E-state index in [0.717, 1.165) is 11.3 Å². The van der Waals surface area contributed by atoms with Crippen molar-refractivity contribution in [2.24, 2.45) is 0 Å². The van der Waals surface area contributed by atoms with Gasteiger partial charge < -0.3 is 9.47 Å². The van der Waals surface area contributed by atoms with Crippen molar-refractivity contribution in [3.8, 4) is 17.6 Å². The van der Waals surface area contributed by atoms with E-state index >= 15 is 0 Å². The van der Waals surface area contributed by atoms with Gasteiger partial charge in [0.15, 0.2) is 0 Å². The summed E-state index contributed by atoms with van der Waals surface area (Å²) in [5.41, 5.74) is 0.810. The minimum Gasteiger partial charge on any atom is -0.460 e. The number of para-hydroxylation sites is 1. The molecular formula is C16H13NO3. The van der Waals surface area contributed by atoms with Crippen molar-refractivity contribution in [1.29, 1.82) is 5.26 Å². The molecule has 0 aliphatic carbocycles. The molecule has 0 unspecified atom stereocenters. The first-order valence-electron chi connectivity index (χ1n) is 6.12. The second-order valence-electron chi connectivity index (χ2n) is 4.06. The molecule has 0 N–H and O–H groups in total. The van der Waals surface area contributed by atoms with Gasteiger partial charge in [0.05, 0.1) is 6.07 Å². The quantitative estimate of drug-likeness (QED) is 0.779. The molecule has 0 aliphatic rings. The number of nitriles is 1. The third-order valence-corrected chi connectivity index (χ3v) is 2.50. The standard InChI is InChI=1S/C16H13NO3/c17-10-9-16(18)19-12-13-5-4-8-15(11-13)20-14-6-2-1-3-7-14/h1-8,11H,9,12H2. The molecule has 2 aromatic rings. The van der Waals surface area contributed by atoms with Crippen LogP contribution in [0, 0.1) is 11.3 Å². The van der Waals surface area contributed by atoms with Gasteiger partial charge in [0.1, 0.15) is 24.5 Å². The Morgan fingerprint density at radius 1 is 1.05 bits per heavy atom. The Morgan fingerprint density at radius 3 is 2.55 bits per heavy atom. The van der Waals surface area contributed by atoms with Crippen molar-refractivity contribution in [1.82, 2.24) is 0 Å². The SMILES string of the molecule is N#CCC(=O)OCc1cccc(Oc2ccccc2)c1. The van der Waals surface area contributed by atoms with Gasteiger partial charge in [0.25, 0.3) is 0 Å². The summed E-state index contributed by atoms with van der Waals surface area (Å²) in [5.74, 6) is 0.887. The lowest BCUT2D eigenvalue weighted by molar-refractivity contribution is -0.143. The third kappa shape index (κ3) is 4.14. The highest BCUT2D eigenvalue weighted by Gasteiger charge is 2.03. The molecule has 2 aromatic carbocycles. The van der Waals surface area contributed by atoms with E-state index in [1.165, 1.54) is 0 Å². The van der Waals surface area contributed by atoms with Gasteiger partial charge in [-0.2, -0.15) is 5.26 Å². The largest absolute Gasteiger partial charge is 0.460 e. The average molecular weight is 267 g/mol. The van der Waals surface area contributed by atoms with Gasteiger partial charge in [0.2, 0.25) is 0 Å². The van der Waals surface area contributed by atoms with E-state index in [-0.39, 0.29) is 13.0 Å². The number of carbonyl (C=O) groups is 1. The molecule has 0 radical (unpaired) electrons. The summed E-state index contributed by atoms with van der Waals surface area (Å²) in [6, 6.07) is 18.4. The molecule has 0 bridgehead atoms. The molecule has 0 heterocycles. The van der Waals surface area contributed by atoms with E-state index in [4.69, 9.17) is 14.7 Å². The maximum Gasteiger partial charge on any atom is 0.320 e. The molecule has 0 saturated heterocycles. The van der Waals surface area contributed by atoms with Gasteiger partial charge >= 0.3 is 5.97 Å². The molecule has 20 heavy (non-hydrogen) atoms. The Morgan fingerprint density at radius 2 is 1.80 bits per heavy atom. The van der Waals surface area contributed by atoms with Crippen molar-refractivity contribution < 1.29 is 14.3 Å². The molecule has 4 nitrogen and oxygen atoms in total. The van der Waals surface area contributed by atoms with Crippen LogP contribution in [-0.2, 0) is 16.1 Å². The van der Waals surface area contributed by atoms with Crippen molar-refractivity contribution >= 4 is 5.97 Å². The van der Waals surface area contributed by atoms with Gasteiger partial charge in [-0.05, 0) is 29.8 Å². The van der Waals surface area contributed by atoms with E-state index in [1.54, 1.807) is 12.1 Å². The van der Waals surface area contributed by atoms with Crippen LogP contribution in [0.2, 0.25) is 0 Å². The van der Waals surface area contributed by atoms with Crippen LogP contribution in [0.25, 0.3) is 0 Å². The van der Waals surface area contributed by atoms with E-state index in [0.29, 0.717) is 5.75 Å². The van der Waals surface area contributed by atoms with Crippen LogP contribution in [0.1, 0.15) is 12.0 Å². The predicted octanol–water partition coefficient (Wildman–Crippen LogP) is 3.44. The minimum absolute atomic E-state index is 0.131. The van der Waals surface area contributed by atoms with Gasteiger partial charge in [0, 0.05) is 0 Å². The summed E-state index contributed by atoms with van der Waals surface area (Å²) < 4.78 is 10.6. The topological polar surface area (TPSA) is 59.3 Å². The zero-order valence-electron chi connectivity index (χ0n) is 10.8. The maximum absolute atomic E-state index is 11.1. The lowest BCUT2D eigenvalue weighted by Crippen LogP contribution is -2.03. The van der Waals surface area contributed by atoms with Crippen LogP contribution in [0.4, 0.5) is 0 Å².